The first-order chi connectivity index (χ1) is 15.3. The van der Waals surface area contributed by atoms with E-state index in [2.05, 4.69) is 72.8 Å². The molecule has 4 aromatic rings. The topological polar surface area (TPSA) is 26.3 Å². The fraction of sp³-hybridized carbons (Fsp3) is 0.111. The molecule has 2 aromatic carbocycles. The second-order valence-electron chi connectivity index (χ2n) is 7.99. The summed E-state index contributed by atoms with van der Waals surface area (Å²) in [6.07, 6.45) is 8.15. The Morgan fingerprint density at radius 2 is 1.13 bits per heavy atom. The number of fused-ring (bicyclic) bond motifs is 2. The molecule has 0 fully saturated rings. The summed E-state index contributed by atoms with van der Waals surface area (Å²) in [6, 6.07) is 25.6. The molecule has 0 saturated heterocycles. The van der Waals surface area contributed by atoms with Gasteiger partial charge in [0.05, 0.1) is 0 Å². The molecule has 4 heteroatoms. The molecule has 2 aliphatic rings. The predicted molar refractivity (Wildman–Crippen MR) is 122 cm³/mol. The number of alkyl halides is 1. The molecule has 31 heavy (non-hydrogen) atoms. The Morgan fingerprint density at radius 1 is 0.645 bits per heavy atom. The van der Waals surface area contributed by atoms with Gasteiger partial charge in [0.1, 0.15) is 0 Å². The van der Waals surface area contributed by atoms with E-state index in [0.717, 1.165) is 15.2 Å². The standard InChI is InChI=1S/2C13H9O.CH2Cl.Hf/c2*1-2-5-11-9-12(8-10(11)4-1)13-6-3-7-14-13;1-2;/h2*1-9H;1H2;. The SMILES string of the molecule is Cl[CH2][Hf]([CH]1C(c2ccco2)=Cc2ccccc21)[CH]1C(c2ccco2)=Cc2ccccc21. The Balaban J connectivity index is 1.52. The monoisotopic (exact) mass is 591 g/mol. The molecule has 2 unspecified atom stereocenters. The van der Waals surface area contributed by atoms with Gasteiger partial charge in [-0.15, -0.1) is 0 Å². The number of hydrogen-bond donors (Lipinski definition) is 0. The summed E-state index contributed by atoms with van der Waals surface area (Å²) in [5.74, 6) is 1.92. The molecule has 0 aliphatic heterocycles. The fourth-order valence-electron chi connectivity index (χ4n) is 5.08. The Hall–Kier alpha value is -2.36. The zero-order valence-electron chi connectivity index (χ0n) is 16.8. The summed E-state index contributed by atoms with van der Waals surface area (Å²) in [5.41, 5.74) is 7.97. The number of furan rings is 2. The van der Waals surface area contributed by atoms with Gasteiger partial charge in [0.15, 0.2) is 0 Å². The van der Waals surface area contributed by atoms with Crippen LogP contribution in [0.3, 0.4) is 0 Å². The molecule has 0 bridgehead atoms. The molecule has 2 atom stereocenters. The zero-order valence-corrected chi connectivity index (χ0v) is 21.1. The van der Waals surface area contributed by atoms with Crippen molar-refractivity contribution < 1.29 is 30.3 Å². The van der Waals surface area contributed by atoms with E-state index >= 15 is 0 Å². The van der Waals surface area contributed by atoms with Crippen LogP contribution in [-0.4, -0.2) is 3.64 Å². The van der Waals surface area contributed by atoms with E-state index in [1.807, 2.05) is 12.1 Å². The molecular weight excluding hydrogens is 570 g/mol. The first-order valence-corrected chi connectivity index (χ1v) is 17.7. The van der Waals surface area contributed by atoms with Gasteiger partial charge in [0, 0.05) is 0 Å². The van der Waals surface area contributed by atoms with Gasteiger partial charge in [-0.1, -0.05) is 0 Å². The van der Waals surface area contributed by atoms with Crippen LogP contribution in [0.2, 0.25) is 0 Å². The van der Waals surface area contributed by atoms with Crippen molar-refractivity contribution in [3.8, 4) is 0 Å². The molecule has 0 spiro atoms. The molecule has 151 valence electrons. The van der Waals surface area contributed by atoms with Crippen LogP contribution in [0, 0.1) is 0 Å². The van der Waals surface area contributed by atoms with Crippen molar-refractivity contribution in [1.82, 2.24) is 0 Å². The molecular formula is C27H20ClHfO2. The van der Waals surface area contributed by atoms with Crippen LogP contribution in [0.4, 0.5) is 0 Å². The van der Waals surface area contributed by atoms with Gasteiger partial charge in [-0.2, -0.15) is 0 Å². The van der Waals surface area contributed by atoms with E-state index in [1.54, 1.807) is 12.5 Å². The van der Waals surface area contributed by atoms with Crippen LogP contribution in [0.25, 0.3) is 23.3 Å². The number of hydrogen-bond acceptors (Lipinski definition) is 2. The number of benzene rings is 2. The van der Waals surface area contributed by atoms with Crippen molar-refractivity contribution in [3.05, 3.63) is 119 Å². The molecule has 2 aliphatic carbocycles. The average molecular weight is 590 g/mol. The first kappa shape index (κ1) is 19.3. The second kappa shape index (κ2) is 7.96. The van der Waals surface area contributed by atoms with Crippen molar-refractivity contribution in [3.63, 3.8) is 0 Å². The number of halogens is 1. The summed E-state index contributed by atoms with van der Waals surface area (Å²) in [7, 11) is 0. The van der Waals surface area contributed by atoms with Crippen LogP contribution in [0.5, 0.6) is 0 Å². The Kier molecular flexibility index (Phi) is 4.97. The predicted octanol–water partition coefficient (Wildman–Crippen LogP) is 7.58. The van der Waals surface area contributed by atoms with Crippen molar-refractivity contribution in [1.29, 1.82) is 0 Å². The van der Waals surface area contributed by atoms with Crippen LogP contribution < -0.4 is 0 Å². The zero-order chi connectivity index (χ0) is 20.8. The first-order valence-electron chi connectivity index (χ1n) is 10.5. The number of allylic oxidation sites excluding steroid dienone is 2. The van der Waals surface area contributed by atoms with Gasteiger partial charge in [-0.3, -0.25) is 0 Å². The molecule has 6 rings (SSSR count). The Bertz CT molecular complexity index is 1180. The van der Waals surface area contributed by atoms with Crippen molar-refractivity contribution in [2.75, 3.05) is 3.64 Å². The molecule has 0 radical (unpaired) electrons. The van der Waals surface area contributed by atoms with E-state index in [4.69, 9.17) is 20.4 Å². The van der Waals surface area contributed by atoms with Gasteiger partial charge in [0.2, 0.25) is 0 Å². The minimum atomic E-state index is -2.66. The Morgan fingerprint density at radius 3 is 1.55 bits per heavy atom. The summed E-state index contributed by atoms with van der Waals surface area (Å²) < 4.78 is 13.2. The Labute approximate surface area is 194 Å². The molecule has 2 heterocycles. The van der Waals surface area contributed by atoms with Crippen molar-refractivity contribution in [2.45, 2.75) is 7.35 Å². The normalized spacial score (nSPS) is 19.0. The van der Waals surface area contributed by atoms with Gasteiger partial charge in [-0.25, -0.2) is 0 Å². The summed E-state index contributed by atoms with van der Waals surface area (Å²) in [5, 5.41) is 0. The minimum absolute atomic E-state index is 0.347. The van der Waals surface area contributed by atoms with Crippen LogP contribution in [0.1, 0.15) is 41.1 Å². The third-order valence-electron chi connectivity index (χ3n) is 6.37. The molecule has 2 aromatic heterocycles. The molecule has 2 nitrogen and oxygen atoms in total. The summed E-state index contributed by atoms with van der Waals surface area (Å²) in [6.45, 7) is 0. The quantitative estimate of drug-likeness (QED) is 0.177. The summed E-state index contributed by atoms with van der Waals surface area (Å²) >= 11 is 4.23. The maximum absolute atomic E-state index is 6.89. The average Bonchev–Trinajstić information content (AvgIpc) is 3.60. The van der Waals surface area contributed by atoms with Gasteiger partial charge in [-0.05, 0) is 0 Å². The summed E-state index contributed by atoms with van der Waals surface area (Å²) in [4.78, 5) is 0. The van der Waals surface area contributed by atoms with E-state index in [9.17, 15) is 0 Å². The fourth-order valence-corrected chi connectivity index (χ4v) is 19.2. The van der Waals surface area contributed by atoms with Gasteiger partial charge < -0.3 is 0 Å². The van der Waals surface area contributed by atoms with Gasteiger partial charge >= 0.3 is 195 Å². The molecule has 0 saturated carbocycles. The number of rotatable bonds is 5. The van der Waals surface area contributed by atoms with Crippen molar-refractivity contribution >= 4 is 34.9 Å². The van der Waals surface area contributed by atoms with E-state index < -0.39 is 21.4 Å². The van der Waals surface area contributed by atoms with E-state index in [0.29, 0.717) is 7.35 Å². The van der Waals surface area contributed by atoms with Crippen LogP contribution in [-0.2, 0) is 21.4 Å². The molecule has 0 amide bonds. The van der Waals surface area contributed by atoms with E-state index in [1.165, 1.54) is 33.4 Å². The third kappa shape index (κ3) is 3.18. The van der Waals surface area contributed by atoms with E-state index in [-0.39, 0.29) is 0 Å². The second-order valence-corrected chi connectivity index (χ2v) is 19.4. The van der Waals surface area contributed by atoms with Crippen LogP contribution in [0.15, 0.2) is 94.2 Å². The maximum atomic E-state index is 6.89. The van der Waals surface area contributed by atoms with Crippen molar-refractivity contribution in [2.24, 2.45) is 0 Å². The molecule has 0 N–H and O–H groups in total. The van der Waals surface area contributed by atoms with Crippen LogP contribution >= 0.6 is 11.6 Å². The van der Waals surface area contributed by atoms with Gasteiger partial charge in [0.25, 0.3) is 0 Å². The third-order valence-corrected chi connectivity index (χ3v) is 19.8.